The van der Waals surface area contributed by atoms with E-state index >= 15 is 4.39 Å². The molecule has 31 heavy (non-hydrogen) atoms. The van der Waals surface area contributed by atoms with Crippen LogP contribution in [0.15, 0.2) is 30.5 Å². The van der Waals surface area contributed by atoms with Gasteiger partial charge in [-0.15, -0.1) is 0 Å². The molecule has 1 fully saturated rings. The Kier molecular flexibility index (Phi) is 7.26. The third-order valence-electron chi connectivity index (χ3n) is 4.98. The Labute approximate surface area is 186 Å². The average Bonchev–Trinajstić information content (AvgIpc) is 2.73. The van der Waals surface area contributed by atoms with Crippen molar-refractivity contribution in [3.8, 4) is 11.8 Å². The molecule has 2 amide bonds. The first-order chi connectivity index (χ1) is 14.8. The van der Waals surface area contributed by atoms with Crippen molar-refractivity contribution in [1.82, 2.24) is 20.9 Å². The van der Waals surface area contributed by atoms with E-state index in [1.807, 2.05) is 6.07 Å². The summed E-state index contributed by atoms with van der Waals surface area (Å²) in [7, 11) is 0. The van der Waals surface area contributed by atoms with Crippen LogP contribution in [0.2, 0.25) is 5.02 Å². The van der Waals surface area contributed by atoms with E-state index in [0.717, 1.165) is 5.56 Å². The summed E-state index contributed by atoms with van der Waals surface area (Å²) in [5.74, 6) is 4.47. The van der Waals surface area contributed by atoms with E-state index in [9.17, 15) is 9.59 Å². The van der Waals surface area contributed by atoms with Crippen molar-refractivity contribution < 1.29 is 14.0 Å². The number of carbonyl (C=O) groups is 2. The van der Waals surface area contributed by atoms with Gasteiger partial charge in [0.2, 0.25) is 11.8 Å². The van der Waals surface area contributed by atoms with Gasteiger partial charge in [-0.2, -0.15) is 0 Å². The highest BCUT2D eigenvalue weighted by molar-refractivity contribution is 6.31. The Morgan fingerprint density at radius 3 is 2.77 bits per heavy atom. The van der Waals surface area contributed by atoms with E-state index in [1.165, 1.54) is 6.07 Å². The second kappa shape index (κ2) is 9.90. The number of hydrogen-bond acceptors (Lipinski definition) is 4. The first-order valence-electron chi connectivity index (χ1n) is 9.98. The Morgan fingerprint density at radius 1 is 1.35 bits per heavy atom. The number of pyridine rings is 1. The molecule has 0 spiro atoms. The summed E-state index contributed by atoms with van der Waals surface area (Å²) in [6, 6.07) is 6.35. The van der Waals surface area contributed by atoms with Crippen molar-refractivity contribution in [3.05, 3.63) is 63.7 Å². The zero-order valence-corrected chi connectivity index (χ0v) is 18.3. The number of nitrogens with one attached hydrogen (secondary N) is 3. The smallest absolute Gasteiger partial charge is 0.223 e. The summed E-state index contributed by atoms with van der Waals surface area (Å²) in [5.41, 5.74) is 1.85. The number of amides is 2. The van der Waals surface area contributed by atoms with Crippen molar-refractivity contribution >= 4 is 23.4 Å². The van der Waals surface area contributed by atoms with E-state index in [4.69, 9.17) is 11.6 Å². The molecule has 8 heteroatoms. The maximum absolute atomic E-state index is 15.3. The number of aromatic nitrogens is 1. The molecule has 1 aliphatic rings. The third kappa shape index (κ3) is 5.40. The minimum Gasteiger partial charge on any atom is -0.352 e. The van der Waals surface area contributed by atoms with E-state index in [-0.39, 0.29) is 52.9 Å². The molecule has 0 bridgehead atoms. The van der Waals surface area contributed by atoms with Crippen molar-refractivity contribution in [1.29, 1.82) is 0 Å². The summed E-state index contributed by atoms with van der Waals surface area (Å²) in [6.45, 7) is 5.28. The minimum absolute atomic E-state index is 0.0287. The summed E-state index contributed by atoms with van der Waals surface area (Å²) in [6.07, 6.45) is 1.01. The van der Waals surface area contributed by atoms with Crippen LogP contribution in [0.5, 0.6) is 0 Å². The molecule has 2 unspecified atom stereocenters. The average molecular weight is 443 g/mol. The number of halogens is 2. The van der Waals surface area contributed by atoms with Crippen LogP contribution in [0.25, 0.3) is 0 Å². The summed E-state index contributed by atoms with van der Waals surface area (Å²) in [4.78, 5) is 28.5. The number of benzene rings is 1. The van der Waals surface area contributed by atoms with Crippen LogP contribution in [0.3, 0.4) is 0 Å². The Bertz CT molecular complexity index is 1040. The molecular formula is C23H24ClFN4O2. The lowest BCUT2D eigenvalue weighted by molar-refractivity contribution is -0.125. The molecule has 1 aromatic heterocycles. The van der Waals surface area contributed by atoms with Gasteiger partial charge in [0.05, 0.1) is 5.02 Å². The summed E-state index contributed by atoms with van der Waals surface area (Å²) < 4.78 is 15.3. The lowest BCUT2D eigenvalue weighted by Gasteiger charge is -2.33. The standard InChI is InChI=1S/C23H24ClFN4O2/c1-4-5-16-8-6-14(11-26-16)18-10-19(30)29-22(28-18)20-17(24)9-7-15(21(20)25)12-27-23(31)13(2)3/h6-9,11,13,18,22,28H,10,12H2,1-3H3,(H,27,31)(H,29,30). The third-order valence-corrected chi connectivity index (χ3v) is 5.31. The predicted octanol–water partition coefficient (Wildman–Crippen LogP) is 3.37. The molecule has 3 N–H and O–H groups in total. The van der Waals surface area contributed by atoms with Crippen molar-refractivity contribution in [2.45, 2.75) is 45.9 Å². The van der Waals surface area contributed by atoms with Crippen molar-refractivity contribution in [2.75, 3.05) is 0 Å². The SMILES string of the molecule is CC#Cc1ccc(C2CC(=O)NC(c3c(Cl)ccc(CNC(=O)C(C)C)c3F)N2)cn1. The van der Waals surface area contributed by atoms with Crippen LogP contribution >= 0.6 is 11.6 Å². The molecule has 6 nitrogen and oxygen atoms in total. The molecule has 1 aliphatic heterocycles. The molecule has 3 rings (SSSR count). The number of carbonyl (C=O) groups excluding carboxylic acids is 2. The van der Waals surface area contributed by atoms with Gasteiger partial charge in [-0.05, 0) is 30.5 Å². The van der Waals surface area contributed by atoms with Gasteiger partial charge in [-0.1, -0.05) is 43.5 Å². The molecular weight excluding hydrogens is 419 g/mol. The highest BCUT2D eigenvalue weighted by Gasteiger charge is 2.31. The predicted molar refractivity (Wildman–Crippen MR) is 116 cm³/mol. The topological polar surface area (TPSA) is 83.1 Å². The first kappa shape index (κ1) is 22.7. The molecule has 0 saturated carbocycles. The van der Waals surface area contributed by atoms with Gasteiger partial charge in [0.25, 0.3) is 0 Å². The first-order valence-corrected chi connectivity index (χ1v) is 10.4. The summed E-state index contributed by atoms with van der Waals surface area (Å²) in [5, 5.41) is 8.87. The lowest BCUT2D eigenvalue weighted by Crippen LogP contribution is -2.47. The maximum atomic E-state index is 15.3. The zero-order chi connectivity index (χ0) is 22.5. The van der Waals surface area contributed by atoms with Gasteiger partial charge in [0, 0.05) is 42.2 Å². The molecule has 0 aliphatic carbocycles. The van der Waals surface area contributed by atoms with Crippen LogP contribution in [-0.2, 0) is 16.1 Å². The van der Waals surface area contributed by atoms with E-state index < -0.39 is 12.0 Å². The molecule has 2 aromatic rings. The second-order valence-electron chi connectivity index (χ2n) is 7.58. The Hall–Kier alpha value is -2.95. The van der Waals surface area contributed by atoms with E-state index in [2.05, 4.69) is 32.8 Å². The molecule has 1 aromatic carbocycles. The number of hydrogen-bond donors (Lipinski definition) is 3. The second-order valence-corrected chi connectivity index (χ2v) is 7.99. The van der Waals surface area contributed by atoms with Crippen LogP contribution < -0.4 is 16.0 Å². The van der Waals surface area contributed by atoms with Gasteiger partial charge < -0.3 is 10.6 Å². The van der Waals surface area contributed by atoms with Gasteiger partial charge in [0.15, 0.2) is 0 Å². The fourth-order valence-electron chi connectivity index (χ4n) is 3.29. The van der Waals surface area contributed by atoms with Crippen LogP contribution in [-0.4, -0.2) is 16.8 Å². The quantitative estimate of drug-likeness (QED) is 0.620. The molecule has 2 atom stereocenters. The van der Waals surface area contributed by atoms with Crippen molar-refractivity contribution in [2.24, 2.45) is 5.92 Å². The fourth-order valence-corrected chi connectivity index (χ4v) is 3.55. The summed E-state index contributed by atoms with van der Waals surface area (Å²) >= 11 is 6.30. The van der Waals surface area contributed by atoms with E-state index in [1.54, 1.807) is 39.1 Å². The highest BCUT2D eigenvalue weighted by Crippen LogP contribution is 2.32. The number of nitrogens with zero attached hydrogens (tertiary/aromatic N) is 1. The fraction of sp³-hybridized carbons (Fsp3) is 0.348. The van der Waals surface area contributed by atoms with Crippen LogP contribution in [0.1, 0.15) is 61.8 Å². The molecule has 1 saturated heterocycles. The Balaban J connectivity index is 1.85. The zero-order valence-electron chi connectivity index (χ0n) is 17.6. The number of rotatable bonds is 5. The van der Waals surface area contributed by atoms with Gasteiger partial charge in [-0.25, -0.2) is 9.37 Å². The molecule has 2 heterocycles. The maximum Gasteiger partial charge on any atom is 0.223 e. The molecule has 162 valence electrons. The largest absolute Gasteiger partial charge is 0.352 e. The normalized spacial score (nSPS) is 18.2. The van der Waals surface area contributed by atoms with Crippen LogP contribution in [0, 0.1) is 23.6 Å². The lowest BCUT2D eigenvalue weighted by atomic mass is 9.99. The molecule has 0 radical (unpaired) electrons. The van der Waals surface area contributed by atoms with Gasteiger partial charge in [0.1, 0.15) is 17.7 Å². The van der Waals surface area contributed by atoms with Crippen LogP contribution in [0.4, 0.5) is 4.39 Å². The Morgan fingerprint density at radius 2 is 2.13 bits per heavy atom. The van der Waals surface area contributed by atoms with E-state index in [0.29, 0.717) is 5.69 Å². The van der Waals surface area contributed by atoms with Gasteiger partial charge in [-0.3, -0.25) is 14.9 Å². The van der Waals surface area contributed by atoms with Gasteiger partial charge >= 0.3 is 0 Å². The monoisotopic (exact) mass is 442 g/mol. The minimum atomic E-state index is -0.824. The van der Waals surface area contributed by atoms with Crippen molar-refractivity contribution in [3.63, 3.8) is 0 Å². The highest BCUT2D eigenvalue weighted by atomic mass is 35.5.